The second-order valence-electron chi connectivity index (χ2n) is 6.00. The predicted octanol–water partition coefficient (Wildman–Crippen LogP) is 4.02. The highest BCUT2D eigenvalue weighted by molar-refractivity contribution is 7.80. The molecule has 1 aliphatic heterocycles. The Balaban J connectivity index is 1.78. The van der Waals surface area contributed by atoms with Gasteiger partial charge in [-0.1, -0.05) is 11.6 Å². The van der Waals surface area contributed by atoms with Gasteiger partial charge in [-0.05, 0) is 48.0 Å². The molecule has 2 aromatic carbocycles. The van der Waals surface area contributed by atoms with Crippen molar-refractivity contribution in [2.45, 2.75) is 13.0 Å². The standard InChI is InChI=1S/C18H18ClN3O4S/c1-25-16-7-11-5-6-21(10-12(11)8-17(16)26-2)18(27)20-15-9-13(22(23)24)3-4-14(15)19/h3-4,7-9H,5-6,10H2,1-2H3,(H,20,27). The van der Waals surface area contributed by atoms with Gasteiger partial charge in [-0.15, -0.1) is 0 Å². The summed E-state index contributed by atoms with van der Waals surface area (Å²) >= 11 is 11.6. The molecule has 2 aromatic rings. The lowest BCUT2D eigenvalue weighted by Gasteiger charge is -2.31. The molecule has 0 unspecified atom stereocenters. The molecule has 27 heavy (non-hydrogen) atoms. The Morgan fingerprint density at radius 1 is 1.22 bits per heavy atom. The third-order valence-corrected chi connectivity index (χ3v) is 5.10. The van der Waals surface area contributed by atoms with Crippen molar-refractivity contribution >= 4 is 40.3 Å². The molecule has 1 aliphatic rings. The Hall–Kier alpha value is -2.58. The fraction of sp³-hybridized carbons (Fsp3) is 0.278. The van der Waals surface area contributed by atoms with Crippen molar-refractivity contribution in [3.05, 3.63) is 56.6 Å². The van der Waals surface area contributed by atoms with Gasteiger partial charge in [-0.25, -0.2) is 0 Å². The minimum absolute atomic E-state index is 0.0504. The van der Waals surface area contributed by atoms with Gasteiger partial charge in [0.15, 0.2) is 16.6 Å². The molecule has 0 saturated carbocycles. The minimum Gasteiger partial charge on any atom is -0.493 e. The molecule has 0 fully saturated rings. The average molecular weight is 408 g/mol. The highest BCUT2D eigenvalue weighted by atomic mass is 35.5. The van der Waals surface area contributed by atoms with Crippen LogP contribution in [-0.4, -0.2) is 35.7 Å². The molecule has 142 valence electrons. The fourth-order valence-corrected chi connectivity index (χ4v) is 3.40. The molecule has 1 heterocycles. The second kappa shape index (κ2) is 7.98. The molecular formula is C18H18ClN3O4S. The first-order valence-corrected chi connectivity index (χ1v) is 8.95. The summed E-state index contributed by atoms with van der Waals surface area (Å²) in [5, 5.41) is 14.8. The van der Waals surface area contributed by atoms with Crippen LogP contribution < -0.4 is 14.8 Å². The molecular weight excluding hydrogens is 390 g/mol. The number of fused-ring (bicyclic) bond motifs is 1. The van der Waals surface area contributed by atoms with E-state index < -0.39 is 4.92 Å². The SMILES string of the molecule is COc1cc2c(cc1OC)CN(C(=S)Nc1cc([N+](=O)[O-])ccc1Cl)CC2. The third kappa shape index (κ3) is 4.06. The highest BCUT2D eigenvalue weighted by Crippen LogP contribution is 2.34. The summed E-state index contributed by atoms with van der Waals surface area (Å²) in [6.45, 7) is 1.30. The van der Waals surface area contributed by atoms with Crippen LogP contribution in [-0.2, 0) is 13.0 Å². The summed E-state index contributed by atoms with van der Waals surface area (Å²) in [5.74, 6) is 1.37. The van der Waals surface area contributed by atoms with Gasteiger partial charge < -0.3 is 19.7 Å². The van der Waals surface area contributed by atoms with Gasteiger partial charge in [0.1, 0.15) is 0 Å². The molecule has 0 amide bonds. The van der Waals surface area contributed by atoms with E-state index in [4.69, 9.17) is 33.3 Å². The van der Waals surface area contributed by atoms with Crippen LogP contribution in [0.3, 0.4) is 0 Å². The zero-order chi connectivity index (χ0) is 19.6. The lowest BCUT2D eigenvalue weighted by Crippen LogP contribution is -2.38. The van der Waals surface area contributed by atoms with Gasteiger partial charge in [0, 0.05) is 25.2 Å². The van der Waals surface area contributed by atoms with Crippen molar-refractivity contribution in [3.8, 4) is 11.5 Å². The number of halogens is 1. The molecule has 0 radical (unpaired) electrons. The maximum Gasteiger partial charge on any atom is 0.271 e. The smallest absolute Gasteiger partial charge is 0.271 e. The van der Waals surface area contributed by atoms with Crippen LogP contribution in [0.1, 0.15) is 11.1 Å². The number of hydrogen-bond donors (Lipinski definition) is 1. The number of anilines is 1. The third-order valence-electron chi connectivity index (χ3n) is 4.41. The Morgan fingerprint density at radius 2 is 1.89 bits per heavy atom. The molecule has 1 N–H and O–H groups in total. The summed E-state index contributed by atoms with van der Waals surface area (Å²) < 4.78 is 10.7. The van der Waals surface area contributed by atoms with E-state index >= 15 is 0 Å². The van der Waals surface area contributed by atoms with Crippen LogP contribution in [0.25, 0.3) is 0 Å². The number of benzene rings is 2. The first kappa shape index (κ1) is 19.2. The Morgan fingerprint density at radius 3 is 2.52 bits per heavy atom. The van der Waals surface area contributed by atoms with Crippen LogP contribution in [0.5, 0.6) is 11.5 Å². The van der Waals surface area contributed by atoms with Gasteiger partial charge in [-0.2, -0.15) is 0 Å². The Bertz CT molecular complexity index is 906. The van der Waals surface area contributed by atoms with Gasteiger partial charge in [0.25, 0.3) is 5.69 Å². The quantitative estimate of drug-likeness (QED) is 0.466. The van der Waals surface area contributed by atoms with Gasteiger partial charge in [0.05, 0.1) is 29.9 Å². The van der Waals surface area contributed by atoms with E-state index in [0.29, 0.717) is 40.4 Å². The van der Waals surface area contributed by atoms with E-state index in [2.05, 4.69) is 5.32 Å². The maximum atomic E-state index is 11.0. The summed E-state index contributed by atoms with van der Waals surface area (Å²) in [6.07, 6.45) is 0.792. The molecule has 0 spiro atoms. The number of nitrogens with one attached hydrogen (secondary N) is 1. The van der Waals surface area contributed by atoms with E-state index in [1.165, 1.54) is 23.8 Å². The van der Waals surface area contributed by atoms with Crippen LogP contribution in [0, 0.1) is 10.1 Å². The minimum atomic E-state index is -0.471. The fourth-order valence-electron chi connectivity index (χ4n) is 2.97. The van der Waals surface area contributed by atoms with Crippen molar-refractivity contribution in [3.63, 3.8) is 0 Å². The van der Waals surface area contributed by atoms with E-state index in [1.807, 2.05) is 17.0 Å². The maximum absolute atomic E-state index is 11.0. The van der Waals surface area contributed by atoms with Crippen molar-refractivity contribution in [1.82, 2.24) is 4.90 Å². The zero-order valence-corrected chi connectivity index (χ0v) is 16.4. The lowest BCUT2D eigenvalue weighted by atomic mass is 9.99. The molecule has 9 heteroatoms. The Kier molecular flexibility index (Phi) is 5.67. The predicted molar refractivity (Wildman–Crippen MR) is 108 cm³/mol. The molecule has 0 aromatic heterocycles. The lowest BCUT2D eigenvalue weighted by molar-refractivity contribution is -0.384. The Labute approximate surface area is 167 Å². The number of nitro benzene ring substituents is 1. The average Bonchev–Trinajstić information content (AvgIpc) is 2.67. The summed E-state index contributed by atoms with van der Waals surface area (Å²) in [6, 6.07) is 8.14. The number of non-ortho nitro benzene ring substituents is 1. The van der Waals surface area contributed by atoms with Gasteiger partial charge >= 0.3 is 0 Å². The first-order valence-electron chi connectivity index (χ1n) is 8.16. The van der Waals surface area contributed by atoms with E-state index in [0.717, 1.165) is 12.0 Å². The molecule has 7 nitrogen and oxygen atoms in total. The second-order valence-corrected chi connectivity index (χ2v) is 6.79. The van der Waals surface area contributed by atoms with Crippen LogP contribution >= 0.6 is 23.8 Å². The van der Waals surface area contributed by atoms with E-state index in [-0.39, 0.29) is 5.69 Å². The zero-order valence-electron chi connectivity index (χ0n) is 14.8. The van der Waals surface area contributed by atoms with Crippen LogP contribution in [0.15, 0.2) is 30.3 Å². The number of methoxy groups -OCH3 is 2. The van der Waals surface area contributed by atoms with Crippen LogP contribution in [0.4, 0.5) is 11.4 Å². The van der Waals surface area contributed by atoms with Gasteiger partial charge in [-0.3, -0.25) is 10.1 Å². The van der Waals surface area contributed by atoms with E-state index in [1.54, 1.807) is 14.2 Å². The normalized spacial score (nSPS) is 12.9. The monoisotopic (exact) mass is 407 g/mol. The molecule has 0 saturated heterocycles. The highest BCUT2D eigenvalue weighted by Gasteiger charge is 2.22. The number of thiocarbonyl (C=S) groups is 1. The van der Waals surface area contributed by atoms with E-state index in [9.17, 15) is 10.1 Å². The molecule has 0 atom stereocenters. The van der Waals surface area contributed by atoms with Crippen molar-refractivity contribution < 1.29 is 14.4 Å². The summed E-state index contributed by atoms with van der Waals surface area (Å²) in [4.78, 5) is 12.5. The number of nitrogens with zero attached hydrogens (tertiary/aromatic N) is 2. The van der Waals surface area contributed by atoms with Crippen LogP contribution in [0.2, 0.25) is 5.02 Å². The van der Waals surface area contributed by atoms with Crippen molar-refractivity contribution in [2.75, 3.05) is 26.1 Å². The topological polar surface area (TPSA) is 76.9 Å². The summed E-state index contributed by atoms with van der Waals surface area (Å²) in [5.41, 5.74) is 2.63. The summed E-state index contributed by atoms with van der Waals surface area (Å²) in [7, 11) is 3.21. The van der Waals surface area contributed by atoms with Gasteiger partial charge in [0.2, 0.25) is 0 Å². The largest absolute Gasteiger partial charge is 0.493 e. The number of ether oxygens (including phenoxy) is 2. The first-order chi connectivity index (χ1) is 12.9. The molecule has 0 aliphatic carbocycles. The van der Waals surface area contributed by atoms with Crippen molar-refractivity contribution in [2.24, 2.45) is 0 Å². The number of rotatable bonds is 4. The number of nitro groups is 1. The molecule has 0 bridgehead atoms. The van der Waals surface area contributed by atoms with Crippen molar-refractivity contribution in [1.29, 1.82) is 0 Å². The number of hydrogen-bond acceptors (Lipinski definition) is 5. The molecule has 3 rings (SSSR count).